The lowest BCUT2D eigenvalue weighted by molar-refractivity contribution is 0.0697. The largest absolute Gasteiger partial charge is 0.478 e. The predicted molar refractivity (Wildman–Crippen MR) is 73.1 cm³/mol. The molecule has 0 unspecified atom stereocenters. The second kappa shape index (κ2) is 5.23. The van der Waals surface area contributed by atoms with Crippen molar-refractivity contribution in [3.63, 3.8) is 0 Å². The van der Waals surface area contributed by atoms with Crippen LogP contribution in [0.25, 0.3) is 0 Å². The highest BCUT2D eigenvalue weighted by atomic mass is 16.4. The molecular weight excluding hydrogens is 274 g/mol. The summed E-state index contributed by atoms with van der Waals surface area (Å²) in [7, 11) is 0. The van der Waals surface area contributed by atoms with E-state index in [9.17, 15) is 9.59 Å². The first-order chi connectivity index (χ1) is 10.1. The number of carboxylic acid groups (broad SMARTS) is 1. The van der Waals surface area contributed by atoms with Gasteiger partial charge in [0, 0.05) is 12.2 Å². The molecule has 1 aromatic carbocycles. The van der Waals surface area contributed by atoms with Crippen molar-refractivity contribution in [2.75, 3.05) is 11.4 Å². The van der Waals surface area contributed by atoms with E-state index in [2.05, 4.69) is 20.5 Å². The monoisotopic (exact) mass is 287 g/mol. The van der Waals surface area contributed by atoms with Gasteiger partial charge in [-0.15, -0.1) is 0 Å². The Labute approximate surface area is 119 Å². The lowest BCUT2D eigenvalue weighted by atomic mass is 10.1. The van der Waals surface area contributed by atoms with Crippen LogP contribution in [0.1, 0.15) is 21.7 Å². The molecule has 3 N–H and O–H groups in total. The minimum atomic E-state index is -0.967. The van der Waals surface area contributed by atoms with Crippen LogP contribution in [0.4, 0.5) is 10.5 Å². The van der Waals surface area contributed by atoms with Crippen molar-refractivity contribution in [2.24, 2.45) is 0 Å². The smallest absolute Gasteiger partial charge is 0.335 e. The van der Waals surface area contributed by atoms with Gasteiger partial charge in [-0.25, -0.2) is 14.6 Å². The zero-order chi connectivity index (χ0) is 14.8. The molecule has 0 spiro atoms. The number of aromatic carboxylic acids is 1. The van der Waals surface area contributed by atoms with Crippen molar-refractivity contribution in [2.45, 2.75) is 13.0 Å². The van der Waals surface area contributed by atoms with Crippen molar-refractivity contribution < 1.29 is 14.7 Å². The maximum atomic E-state index is 12.2. The molecule has 21 heavy (non-hydrogen) atoms. The molecule has 108 valence electrons. The standard InChI is InChI=1S/C13H13N5O3/c19-12(20)9-1-2-10-8(5-9)3-4-18(10)13(21)14-6-11-15-7-16-17-11/h1-2,5,7H,3-4,6H2,(H,14,21)(H,19,20)(H,15,16,17). The topological polar surface area (TPSA) is 111 Å². The Morgan fingerprint density at radius 2 is 2.29 bits per heavy atom. The molecule has 1 aliphatic rings. The summed E-state index contributed by atoms with van der Waals surface area (Å²) in [4.78, 5) is 28.6. The predicted octanol–water partition coefficient (Wildman–Crippen LogP) is 0.775. The molecule has 0 saturated carbocycles. The van der Waals surface area contributed by atoms with E-state index in [1.807, 2.05) is 0 Å². The quantitative estimate of drug-likeness (QED) is 0.772. The number of urea groups is 1. The van der Waals surface area contributed by atoms with Gasteiger partial charge in [0.15, 0.2) is 0 Å². The van der Waals surface area contributed by atoms with Crippen LogP contribution in [0.5, 0.6) is 0 Å². The van der Waals surface area contributed by atoms with Crippen LogP contribution < -0.4 is 10.2 Å². The molecule has 0 aliphatic carbocycles. The van der Waals surface area contributed by atoms with E-state index in [1.165, 1.54) is 12.4 Å². The number of carbonyl (C=O) groups excluding carboxylic acids is 1. The number of rotatable bonds is 3. The number of aromatic nitrogens is 3. The number of anilines is 1. The van der Waals surface area contributed by atoms with E-state index >= 15 is 0 Å². The van der Waals surface area contributed by atoms with Gasteiger partial charge in [-0.2, -0.15) is 5.10 Å². The second-order valence-electron chi connectivity index (χ2n) is 4.64. The molecule has 0 fully saturated rings. The van der Waals surface area contributed by atoms with E-state index in [1.54, 1.807) is 17.0 Å². The van der Waals surface area contributed by atoms with E-state index in [0.717, 1.165) is 11.3 Å². The maximum Gasteiger partial charge on any atom is 0.335 e. The van der Waals surface area contributed by atoms with Gasteiger partial charge in [0.05, 0.1) is 12.1 Å². The Hall–Kier alpha value is -2.90. The van der Waals surface area contributed by atoms with E-state index < -0.39 is 5.97 Å². The van der Waals surface area contributed by atoms with Gasteiger partial charge < -0.3 is 10.4 Å². The summed E-state index contributed by atoms with van der Waals surface area (Å²) in [6, 6.07) is 4.54. The van der Waals surface area contributed by atoms with Crippen LogP contribution in [0.3, 0.4) is 0 Å². The number of carbonyl (C=O) groups is 2. The highest BCUT2D eigenvalue weighted by Crippen LogP contribution is 2.28. The van der Waals surface area contributed by atoms with Crippen molar-refractivity contribution in [3.05, 3.63) is 41.5 Å². The molecule has 2 amide bonds. The first-order valence-corrected chi connectivity index (χ1v) is 6.41. The number of carboxylic acids is 1. The fourth-order valence-corrected chi connectivity index (χ4v) is 2.32. The fourth-order valence-electron chi connectivity index (χ4n) is 2.32. The molecular formula is C13H13N5O3. The van der Waals surface area contributed by atoms with Crippen LogP contribution in [-0.2, 0) is 13.0 Å². The Morgan fingerprint density at radius 1 is 1.43 bits per heavy atom. The number of fused-ring (bicyclic) bond motifs is 1. The number of H-pyrrole nitrogens is 1. The number of hydrogen-bond donors (Lipinski definition) is 3. The second-order valence-corrected chi connectivity index (χ2v) is 4.64. The van der Waals surface area contributed by atoms with Crippen molar-refractivity contribution >= 4 is 17.7 Å². The van der Waals surface area contributed by atoms with Gasteiger partial charge >= 0.3 is 12.0 Å². The summed E-state index contributed by atoms with van der Waals surface area (Å²) in [5.41, 5.74) is 1.84. The summed E-state index contributed by atoms with van der Waals surface area (Å²) in [6.45, 7) is 0.790. The minimum Gasteiger partial charge on any atom is -0.478 e. The molecule has 2 heterocycles. The zero-order valence-electron chi connectivity index (χ0n) is 11.0. The maximum absolute atomic E-state index is 12.2. The third kappa shape index (κ3) is 2.55. The SMILES string of the molecule is O=C(O)c1ccc2c(c1)CCN2C(=O)NCc1ncn[nH]1. The van der Waals surface area contributed by atoms with Crippen LogP contribution in [0.2, 0.25) is 0 Å². The molecule has 0 radical (unpaired) electrons. The van der Waals surface area contributed by atoms with Crippen LogP contribution in [-0.4, -0.2) is 38.8 Å². The minimum absolute atomic E-state index is 0.234. The number of aromatic amines is 1. The molecule has 8 nitrogen and oxygen atoms in total. The molecule has 2 aromatic rings. The Morgan fingerprint density at radius 3 is 3.00 bits per heavy atom. The summed E-state index contributed by atoms with van der Waals surface area (Å²) >= 11 is 0. The first-order valence-electron chi connectivity index (χ1n) is 6.41. The average Bonchev–Trinajstić information content (AvgIpc) is 3.13. The number of nitrogens with one attached hydrogen (secondary N) is 2. The molecule has 3 rings (SSSR count). The first kappa shape index (κ1) is 13.1. The summed E-state index contributed by atoms with van der Waals surface area (Å²) in [6.07, 6.45) is 2.02. The van der Waals surface area contributed by atoms with Crippen molar-refractivity contribution in [1.29, 1.82) is 0 Å². The van der Waals surface area contributed by atoms with Gasteiger partial charge in [-0.3, -0.25) is 10.00 Å². The normalized spacial score (nSPS) is 13.0. The molecule has 0 saturated heterocycles. The van der Waals surface area contributed by atoms with E-state index in [4.69, 9.17) is 5.11 Å². The highest BCUT2D eigenvalue weighted by Gasteiger charge is 2.25. The molecule has 1 aliphatic heterocycles. The number of hydrogen-bond acceptors (Lipinski definition) is 4. The van der Waals surface area contributed by atoms with Gasteiger partial charge in [0.2, 0.25) is 0 Å². The van der Waals surface area contributed by atoms with Gasteiger partial charge in [-0.1, -0.05) is 0 Å². The van der Waals surface area contributed by atoms with Gasteiger partial charge in [0.1, 0.15) is 12.2 Å². The van der Waals surface area contributed by atoms with E-state index in [-0.39, 0.29) is 18.1 Å². The Bertz CT molecular complexity index is 683. The summed E-state index contributed by atoms with van der Waals surface area (Å²) in [5, 5.41) is 18.1. The fraction of sp³-hybridized carbons (Fsp3) is 0.231. The number of benzene rings is 1. The molecule has 8 heteroatoms. The van der Waals surface area contributed by atoms with Crippen molar-refractivity contribution in [3.8, 4) is 0 Å². The number of amides is 2. The summed E-state index contributed by atoms with van der Waals surface area (Å²) < 4.78 is 0. The molecule has 0 atom stereocenters. The van der Waals surface area contributed by atoms with Crippen LogP contribution >= 0.6 is 0 Å². The highest BCUT2D eigenvalue weighted by molar-refractivity contribution is 5.95. The Balaban J connectivity index is 1.71. The Kier molecular flexibility index (Phi) is 3.27. The lowest BCUT2D eigenvalue weighted by Crippen LogP contribution is -2.38. The lowest BCUT2D eigenvalue weighted by Gasteiger charge is -2.17. The molecule has 0 bridgehead atoms. The van der Waals surface area contributed by atoms with Crippen molar-refractivity contribution in [1.82, 2.24) is 20.5 Å². The zero-order valence-corrected chi connectivity index (χ0v) is 11.0. The number of nitrogens with zero attached hydrogens (tertiary/aromatic N) is 3. The summed E-state index contributed by atoms with van der Waals surface area (Å²) in [5.74, 6) is -0.394. The third-order valence-electron chi connectivity index (χ3n) is 3.34. The van der Waals surface area contributed by atoms with Crippen LogP contribution in [0, 0.1) is 0 Å². The third-order valence-corrected chi connectivity index (χ3v) is 3.34. The van der Waals surface area contributed by atoms with Gasteiger partial charge in [-0.05, 0) is 30.2 Å². The van der Waals surface area contributed by atoms with Gasteiger partial charge in [0.25, 0.3) is 0 Å². The van der Waals surface area contributed by atoms with Crippen LogP contribution in [0.15, 0.2) is 24.5 Å². The molecule has 1 aromatic heterocycles. The van der Waals surface area contributed by atoms with E-state index in [0.29, 0.717) is 18.8 Å². The average molecular weight is 287 g/mol.